The molecular formula is C8H5BrFNO4. The molecule has 0 amide bonds. The van der Waals surface area contributed by atoms with Crippen LogP contribution in [0.15, 0.2) is 16.6 Å². The third-order valence-corrected chi connectivity index (χ3v) is 2.22. The van der Waals surface area contributed by atoms with Crippen molar-refractivity contribution in [1.82, 2.24) is 0 Å². The first kappa shape index (κ1) is 11.6. The number of hydrogen-bond acceptors (Lipinski definition) is 4. The van der Waals surface area contributed by atoms with E-state index in [4.69, 9.17) is 0 Å². The number of methoxy groups -OCH3 is 1. The molecule has 0 bridgehead atoms. The molecule has 0 aromatic heterocycles. The van der Waals surface area contributed by atoms with E-state index in [0.717, 1.165) is 19.2 Å². The highest BCUT2D eigenvalue weighted by molar-refractivity contribution is 9.10. The predicted molar refractivity (Wildman–Crippen MR) is 52.1 cm³/mol. The summed E-state index contributed by atoms with van der Waals surface area (Å²) in [6, 6.07) is 1.67. The van der Waals surface area contributed by atoms with Gasteiger partial charge in [0.15, 0.2) is 0 Å². The second kappa shape index (κ2) is 4.35. The van der Waals surface area contributed by atoms with Crippen molar-refractivity contribution in [2.45, 2.75) is 0 Å². The zero-order valence-electron chi connectivity index (χ0n) is 7.49. The van der Waals surface area contributed by atoms with Crippen LogP contribution in [-0.2, 0) is 4.74 Å². The monoisotopic (exact) mass is 277 g/mol. The largest absolute Gasteiger partial charge is 0.465 e. The molecule has 0 atom stereocenters. The lowest BCUT2D eigenvalue weighted by atomic mass is 10.2. The smallest absolute Gasteiger partial charge is 0.345 e. The Balaban J connectivity index is 3.46. The van der Waals surface area contributed by atoms with Gasteiger partial charge in [-0.3, -0.25) is 10.1 Å². The number of hydrogen-bond donors (Lipinski definition) is 0. The van der Waals surface area contributed by atoms with Crippen LogP contribution in [0.5, 0.6) is 0 Å². The van der Waals surface area contributed by atoms with Gasteiger partial charge in [-0.1, -0.05) is 0 Å². The van der Waals surface area contributed by atoms with Crippen LogP contribution in [0.4, 0.5) is 10.1 Å². The van der Waals surface area contributed by atoms with Crippen LogP contribution >= 0.6 is 15.9 Å². The molecular weight excluding hydrogens is 273 g/mol. The van der Waals surface area contributed by atoms with Crippen LogP contribution < -0.4 is 0 Å². The van der Waals surface area contributed by atoms with Gasteiger partial charge in [0.05, 0.1) is 16.5 Å². The third kappa shape index (κ3) is 2.30. The van der Waals surface area contributed by atoms with Gasteiger partial charge < -0.3 is 4.74 Å². The van der Waals surface area contributed by atoms with Crippen LogP contribution in [-0.4, -0.2) is 18.0 Å². The number of esters is 1. The molecule has 80 valence electrons. The van der Waals surface area contributed by atoms with E-state index in [2.05, 4.69) is 20.7 Å². The SMILES string of the molecule is COC(=O)c1cc(F)cc(Br)c1[N+](=O)[O-]. The summed E-state index contributed by atoms with van der Waals surface area (Å²) in [5.74, 6) is -1.71. The lowest BCUT2D eigenvalue weighted by Crippen LogP contribution is -2.07. The summed E-state index contributed by atoms with van der Waals surface area (Å²) in [4.78, 5) is 21.0. The molecule has 1 aromatic rings. The minimum atomic E-state index is -0.957. The van der Waals surface area contributed by atoms with Gasteiger partial charge in [0.25, 0.3) is 5.69 Å². The molecule has 0 N–H and O–H groups in total. The fourth-order valence-corrected chi connectivity index (χ4v) is 1.59. The Morgan fingerprint density at radius 3 is 2.67 bits per heavy atom. The number of nitro groups is 1. The van der Waals surface area contributed by atoms with Gasteiger partial charge in [-0.2, -0.15) is 0 Å². The van der Waals surface area contributed by atoms with Crippen molar-refractivity contribution in [2.24, 2.45) is 0 Å². The summed E-state index contributed by atoms with van der Waals surface area (Å²) in [7, 11) is 1.06. The molecule has 0 saturated carbocycles. The molecule has 15 heavy (non-hydrogen) atoms. The van der Waals surface area contributed by atoms with E-state index < -0.39 is 28.0 Å². The number of ether oxygens (including phenoxy) is 1. The van der Waals surface area contributed by atoms with E-state index in [9.17, 15) is 19.3 Å². The summed E-state index contributed by atoms with van der Waals surface area (Å²) in [5.41, 5.74) is -0.933. The third-order valence-electron chi connectivity index (χ3n) is 1.62. The number of rotatable bonds is 2. The molecule has 5 nitrogen and oxygen atoms in total. The average molecular weight is 278 g/mol. The number of nitrogens with zero attached hydrogens (tertiary/aromatic N) is 1. The van der Waals surface area contributed by atoms with Crippen molar-refractivity contribution in [3.63, 3.8) is 0 Å². The van der Waals surface area contributed by atoms with Gasteiger partial charge in [-0.25, -0.2) is 9.18 Å². The molecule has 0 fully saturated rings. The predicted octanol–water partition coefficient (Wildman–Crippen LogP) is 2.28. The molecule has 0 aliphatic rings. The molecule has 0 saturated heterocycles. The van der Waals surface area contributed by atoms with E-state index >= 15 is 0 Å². The molecule has 0 aliphatic heterocycles. The zero-order valence-corrected chi connectivity index (χ0v) is 9.08. The van der Waals surface area contributed by atoms with Gasteiger partial charge >= 0.3 is 5.97 Å². The summed E-state index contributed by atoms with van der Waals surface area (Å²) >= 11 is 2.81. The number of halogens is 2. The van der Waals surface area contributed by atoms with Gasteiger partial charge in [0.2, 0.25) is 0 Å². The van der Waals surface area contributed by atoms with Crippen molar-refractivity contribution < 1.29 is 18.8 Å². The molecule has 0 spiro atoms. The van der Waals surface area contributed by atoms with Crippen LogP contribution in [0.1, 0.15) is 10.4 Å². The van der Waals surface area contributed by atoms with Crippen molar-refractivity contribution in [2.75, 3.05) is 7.11 Å². The highest BCUT2D eigenvalue weighted by Crippen LogP contribution is 2.30. The first-order valence-electron chi connectivity index (χ1n) is 3.69. The normalized spacial score (nSPS) is 9.80. The molecule has 0 unspecified atom stereocenters. The van der Waals surface area contributed by atoms with Gasteiger partial charge in [-0.15, -0.1) is 0 Å². The van der Waals surface area contributed by atoms with Crippen molar-refractivity contribution in [3.05, 3.63) is 38.1 Å². The Morgan fingerprint density at radius 2 is 2.20 bits per heavy atom. The van der Waals surface area contributed by atoms with Crippen LogP contribution in [0, 0.1) is 15.9 Å². The Hall–Kier alpha value is -1.50. The minimum absolute atomic E-state index is 0.104. The highest BCUT2D eigenvalue weighted by atomic mass is 79.9. The number of benzene rings is 1. The number of carbonyl (C=O) groups excluding carboxylic acids is 1. The highest BCUT2D eigenvalue weighted by Gasteiger charge is 2.25. The van der Waals surface area contributed by atoms with Gasteiger partial charge in [0, 0.05) is 0 Å². The second-order valence-corrected chi connectivity index (χ2v) is 3.39. The fourth-order valence-electron chi connectivity index (χ4n) is 1.02. The topological polar surface area (TPSA) is 69.4 Å². The zero-order chi connectivity index (χ0) is 11.6. The standard InChI is InChI=1S/C8H5BrFNO4/c1-15-8(12)5-2-4(10)3-6(9)7(5)11(13)14/h2-3H,1H3. The summed E-state index contributed by atoms with van der Waals surface area (Å²) in [6.45, 7) is 0. The molecule has 7 heteroatoms. The maximum Gasteiger partial charge on any atom is 0.345 e. The minimum Gasteiger partial charge on any atom is -0.465 e. The molecule has 0 heterocycles. The van der Waals surface area contributed by atoms with Crippen molar-refractivity contribution >= 4 is 27.6 Å². The second-order valence-electron chi connectivity index (χ2n) is 2.53. The first-order valence-corrected chi connectivity index (χ1v) is 4.48. The van der Waals surface area contributed by atoms with Gasteiger partial charge in [0.1, 0.15) is 11.4 Å². The number of nitro benzene ring substituents is 1. The van der Waals surface area contributed by atoms with Crippen molar-refractivity contribution in [1.29, 1.82) is 0 Å². The summed E-state index contributed by atoms with van der Waals surface area (Å²) < 4.78 is 17.1. The lowest BCUT2D eigenvalue weighted by molar-refractivity contribution is -0.386. The molecule has 1 aromatic carbocycles. The Bertz CT molecular complexity index is 435. The average Bonchev–Trinajstić information content (AvgIpc) is 2.14. The van der Waals surface area contributed by atoms with E-state index in [0.29, 0.717) is 0 Å². The Labute approximate surface area is 92.1 Å². The van der Waals surface area contributed by atoms with E-state index in [1.54, 1.807) is 0 Å². The molecule has 0 radical (unpaired) electrons. The van der Waals surface area contributed by atoms with Crippen molar-refractivity contribution in [3.8, 4) is 0 Å². The Kier molecular flexibility index (Phi) is 3.35. The Morgan fingerprint density at radius 1 is 1.60 bits per heavy atom. The quantitative estimate of drug-likeness (QED) is 0.472. The maximum absolute atomic E-state index is 12.9. The van der Waals surface area contributed by atoms with E-state index in [-0.39, 0.29) is 4.47 Å². The molecule has 0 aliphatic carbocycles. The van der Waals surface area contributed by atoms with Crippen LogP contribution in [0.2, 0.25) is 0 Å². The summed E-state index contributed by atoms with van der Waals surface area (Å²) in [6.07, 6.45) is 0. The fraction of sp³-hybridized carbons (Fsp3) is 0.125. The summed E-state index contributed by atoms with van der Waals surface area (Å²) in [5, 5.41) is 10.6. The first-order chi connectivity index (χ1) is 6.97. The lowest BCUT2D eigenvalue weighted by Gasteiger charge is -2.02. The number of carbonyl (C=O) groups is 1. The van der Waals surface area contributed by atoms with E-state index in [1.165, 1.54) is 0 Å². The van der Waals surface area contributed by atoms with Crippen LogP contribution in [0.3, 0.4) is 0 Å². The maximum atomic E-state index is 12.9. The molecule has 1 rings (SSSR count). The van der Waals surface area contributed by atoms with Crippen LogP contribution in [0.25, 0.3) is 0 Å². The van der Waals surface area contributed by atoms with E-state index in [1.807, 2.05) is 0 Å². The van der Waals surface area contributed by atoms with Gasteiger partial charge in [-0.05, 0) is 28.1 Å².